The Morgan fingerprint density at radius 1 is 1.75 bits per heavy atom. The summed E-state index contributed by atoms with van der Waals surface area (Å²) in [4.78, 5) is 21.3. The molecule has 12 heavy (non-hydrogen) atoms. The summed E-state index contributed by atoms with van der Waals surface area (Å²) in [5.74, 6) is 0. The van der Waals surface area contributed by atoms with Gasteiger partial charge in [-0.25, -0.2) is 4.79 Å². The first-order valence-corrected chi connectivity index (χ1v) is 3.79. The number of hydrogen-bond donors (Lipinski definition) is 2. The highest BCUT2D eigenvalue weighted by Gasteiger charge is 2.11. The van der Waals surface area contributed by atoms with Crippen molar-refractivity contribution in [1.82, 2.24) is 5.32 Å². The third-order valence-electron chi connectivity index (χ3n) is 1.04. The molecule has 1 atom stereocenters. The monoisotopic (exact) mass is 189 g/mol. The van der Waals surface area contributed by atoms with E-state index >= 15 is 0 Å². The van der Waals surface area contributed by atoms with Gasteiger partial charge in [0, 0.05) is 0 Å². The zero-order valence-electron chi connectivity index (χ0n) is 6.74. The molecule has 0 spiro atoms. The normalized spacial score (nSPS) is 11.5. The van der Waals surface area contributed by atoms with Gasteiger partial charge >= 0.3 is 6.09 Å². The first-order chi connectivity index (χ1) is 5.57. The second-order valence-corrected chi connectivity index (χ2v) is 2.53. The Morgan fingerprint density at radius 3 is 2.75 bits per heavy atom. The van der Waals surface area contributed by atoms with Crippen LogP contribution in [0.1, 0.15) is 6.92 Å². The van der Waals surface area contributed by atoms with Gasteiger partial charge < -0.3 is 10.1 Å². The highest BCUT2D eigenvalue weighted by atomic mass is 32.1. The molecule has 0 saturated heterocycles. The van der Waals surface area contributed by atoms with E-state index in [1.807, 2.05) is 0 Å². The fourth-order valence-electron chi connectivity index (χ4n) is 0.415. The number of alkyl carbamates (subject to hydrolysis) is 1. The highest BCUT2D eigenvalue weighted by Crippen LogP contribution is 1.89. The first-order valence-electron chi connectivity index (χ1n) is 3.35. The van der Waals surface area contributed by atoms with Crippen molar-refractivity contribution in [3.05, 3.63) is 12.7 Å². The van der Waals surface area contributed by atoms with Crippen LogP contribution < -0.4 is 5.32 Å². The Labute approximate surface area is 76.4 Å². The van der Waals surface area contributed by atoms with Gasteiger partial charge in [-0.3, -0.25) is 4.79 Å². The van der Waals surface area contributed by atoms with Crippen LogP contribution in [0.2, 0.25) is 0 Å². The van der Waals surface area contributed by atoms with E-state index in [0.717, 1.165) is 0 Å². The van der Waals surface area contributed by atoms with Crippen LogP contribution in [-0.2, 0) is 9.53 Å². The highest BCUT2D eigenvalue weighted by molar-refractivity contribution is 7.96. The molecular weight excluding hydrogens is 178 g/mol. The topological polar surface area (TPSA) is 55.4 Å². The maximum absolute atomic E-state index is 10.7. The van der Waals surface area contributed by atoms with Gasteiger partial charge in [0.25, 0.3) is 0 Å². The minimum atomic E-state index is -0.648. The smallest absolute Gasteiger partial charge is 0.408 e. The Kier molecular flexibility index (Phi) is 5.19. The summed E-state index contributed by atoms with van der Waals surface area (Å²) in [5.41, 5.74) is 0. The second-order valence-electron chi connectivity index (χ2n) is 2.09. The molecule has 0 aliphatic carbocycles. The van der Waals surface area contributed by atoms with E-state index in [4.69, 9.17) is 0 Å². The average molecular weight is 189 g/mol. The molecule has 0 radical (unpaired) electrons. The molecule has 0 aromatic rings. The zero-order valence-corrected chi connectivity index (χ0v) is 7.64. The van der Waals surface area contributed by atoms with Crippen LogP contribution in [0, 0.1) is 0 Å². The van der Waals surface area contributed by atoms with Crippen molar-refractivity contribution < 1.29 is 14.3 Å². The maximum atomic E-state index is 10.7. The second kappa shape index (κ2) is 5.65. The largest absolute Gasteiger partial charge is 0.445 e. The van der Waals surface area contributed by atoms with Crippen LogP contribution in [0.4, 0.5) is 4.79 Å². The van der Waals surface area contributed by atoms with Gasteiger partial charge in [0.2, 0.25) is 5.12 Å². The summed E-state index contributed by atoms with van der Waals surface area (Å²) in [6.45, 7) is 5.00. The van der Waals surface area contributed by atoms with Crippen molar-refractivity contribution in [2.24, 2.45) is 0 Å². The van der Waals surface area contributed by atoms with Gasteiger partial charge in [-0.05, 0) is 6.92 Å². The lowest BCUT2D eigenvalue weighted by Gasteiger charge is -2.08. The fraction of sp³-hybridized carbons (Fsp3) is 0.429. The van der Waals surface area contributed by atoms with Crippen LogP contribution in [0.25, 0.3) is 0 Å². The Morgan fingerprint density at radius 2 is 2.33 bits per heavy atom. The van der Waals surface area contributed by atoms with Crippen molar-refractivity contribution in [2.75, 3.05) is 6.61 Å². The van der Waals surface area contributed by atoms with Crippen LogP contribution in [0.5, 0.6) is 0 Å². The number of nitrogens with one attached hydrogen (secondary N) is 1. The van der Waals surface area contributed by atoms with Crippen molar-refractivity contribution in [3.8, 4) is 0 Å². The molecule has 0 heterocycles. The molecule has 0 rings (SSSR count). The molecule has 0 bridgehead atoms. The van der Waals surface area contributed by atoms with Gasteiger partial charge in [0.15, 0.2) is 0 Å². The molecule has 4 nitrogen and oxygen atoms in total. The summed E-state index contributed by atoms with van der Waals surface area (Å²) < 4.78 is 4.56. The number of thiol groups is 1. The van der Waals surface area contributed by atoms with Crippen molar-refractivity contribution in [1.29, 1.82) is 0 Å². The van der Waals surface area contributed by atoms with Crippen LogP contribution in [-0.4, -0.2) is 23.9 Å². The first kappa shape index (κ1) is 11.0. The molecular formula is C7H11NO3S. The molecule has 0 aliphatic rings. The van der Waals surface area contributed by atoms with Gasteiger partial charge in [0.1, 0.15) is 6.61 Å². The molecule has 1 amide bonds. The maximum Gasteiger partial charge on any atom is 0.408 e. The quantitative estimate of drug-likeness (QED) is 0.506. The van der Waals surface area contributed by atoms with Crippen LogP contribution >= 0.6 is 12.6 Å². The summed E-state index contributed by atoms with van der Waals surface area (Å²) >= 11 is 3.53. The van der Waals surface area contributed by atoms with E-state index in [9.17, 15) is 9.59 Å². The minimum Gasteiger partial charge on any atom is -0.445 e. The molecule has 1 unspecified atom stereocenters. The number of rotatable bonds is 4. The summed E-state index contributed by atoms with van der Waals surface area (Å²) in [6.07, 6.45) is 0.789. The Bertz CT molecular complexity index is 193. The lowest BCUT2D eigenvalue weighted by Crippen LogP contribution is -2.36. The Hall–Kier alpha value is -0.970. The van der Waals surface area contributed by atoms with Gasteiger partial charge in [-0.15, -0.1) is 12.6 Å². The van der Waals surface area contributed by atoms with Gasteiger partial charge in [-0.2, -0.15) is 0 Å². The number of ether oxygens (including phenoxy) is 1. The van der Waals surface area contributed by atoms with E-state index in [0.29, 0.717) is 0 Å². The van der Waals surface area contributed by atoms with E-state index in [1.165, 1.54) is 13.0 Å². The third kappa shape index (κ3) is 4.79. The van der Waals surface area contributed by atoms with Crippen molar-refractivity contribution in [2.45, 2.75) is 13.0 Å². The van der Waals surface area contributed by atoms with Crippen LogP contribution in [0.3, 0.4) is 0 Å². The third-order valence-corrected chi connectivity index (χ3v) is 1.42. The van der Waals surface area contributed by atoms with Crippen molar-refractivity contribution in [3.63, 3.8) is 0 Å². The predicted octanol–water partition coefficient (Wildman–Crippen LogP) is 0.744. The molecule has 0 aliphatic heterocycles. The lowest BCUT2D eigenvalue weighted by atomic mass is 10.4. The van der Waals surface area contributed by atoms with E-state index in [-0.39, 0.29) is 6.61 Å². The van der Waals surface area contributed by atoms with E-state index in [1.54, 1.807) is 0 Å². The predicted molar refractivity (Wildman–Crippen MR) is 48.1 cm³/mol. The molecule has 0 aromatic heterocycles. The molecule has 0 saturated carbocycles. The molecule has 1 N–H and O–H groups in total. The zero-order chi connectivity index (χ0) is 9.56. The number of carbonyl (C=O) groups is 2. The van der Waals surface area contributed by atoms with E-state index < -0.39 is 17.3 Å². The number of carbonyl (C=O) groups excluding carboxylic acids is 2. The Balaban J connectivity index is 3.68. The molecule has 68 valence electrons. The molecule has 5 heteroatoms. The molecule has 0 fully saturated rings. The van der Waals surface area contributed by atoms with Crippen LogP contribution in [0.15, 0.2) is 12.7 Å². The average Bonchev–Trinajstić information content (AvgIpc) is 2.00. The summed E-state index contributed by atoms with van der Waals surface area (Å²) in [7, 11) is 0. The van der Waals surface area contributed by atoms with E-state index in [2.05, 4.69) is 29.3 Å². The number of hydrogen-bond acceptors (Lipinski definition) is 3. The van der Waals surface area contributed by atoms with Gasteiger partial charge in [0.05, 0.1) is 6.04 Å². The SMILES string of the molecule is C=CCOC(=O)NC(C)C(=O)S. The van der Waals surface area contributed by atoms with Crippen molar-refractivity contribution >= 4 is 23.8 Å². The summed E-state index contributed by atoms with van der Waals surface area (Å²) in [6, 6.07) is -0.634. The number of amides is 1. The minimum absolute atomic E-state index is 0.124. The van der Waals surface area contributed by atoms with Gasteiger partial charge in [-0.1, -0.05) is 12.7 Å². The lowest BCUT2D eigenvalue weighted by molar-refractivity contribution is -0.112. The standard InChI is InChI=1S/C7H11NO3S/c1-3-4-11-7(10)8-5(2)6(9)12/h3,5H,1,4H2,2H3,(H,8,10)(H,9,12). The summed E-state index contributed by atoms with van der Waals surface area (Å²) in [5, 5.41) is 1.87. The fourth-order valence-corrected chi connectivity index (χ4v) is 0.479. The molecule has 0 aromatic carbocycles.